The monoisotopic (exact) mass is 405 g/mol. The topological polar surface area (TPSA) is 49.2 Å². The van der Waals surface area contributed by atoms with Crippen molar-refractivity contribution in [2.24, 2.45) is 5.41 Å². The van der Waals surface area contributed by atoms with Crippen LogP contribution in [0.1, 0.15) is 29.5 Å². The van der Waals surface area contributed by atoms with Gasteiger partial charge >= 0.3 is 0 Å². The van der Waals surface area contributed by atoms with Crippen molar-refractivity contribution in [2.75, 3.05) is 19.7 Å². The molecule has 3 aromatic rings. The molecule has 0 bridgehead atoms. The van der Waals surface area contributed by atoms with Crippen LogP contribution in [-0.4, -0.2) is 39.7 Å². The Balaban J connectivity index is 1.43. The van der Waals surface area contributed by atoms with Gasteiger partial charge in [-0.3, -0.25) is 4.90 Å². The maximum atomic E-state index is 13.2. The minimum absolute atomic E-state index is 0.129. The molecule has 1 aromatic heterocycles. The summed E-state index contributed by atoms with van der Waals surface area (Å²) >= 11 is 0. The summed E-state index contributed by atoms with van der Waals surface area (Å²) in [5, 5.41) is 10.2. The predicted molar refractivity (Wildman–Crippen MR) is 116 cm³/mol. The number of aliphatic hydroxyl groups excluding tert-OH is 1. The quantitative estimate of drug-likeness (QED) is 0.660. The summed E-state index contributed by atoms with van der Waals surface area (Å²) in [6.07, 6.45) is 6.56. The van der Waals surface area contributed by atoms with Gasteiger partial charge in [-0.05, 0) is 56.5 Å². The van der Waals surface area contributed by atoms with Gasteiger partial charge in [0, 0.05) is 42.0 Å². The van der Waals surface area contributed by atoms with E-state index in [4.69, 9.17) is 0 Å². The highest BCUT2D eigenvalue weighted by atomic mass is 19.1. The Labute approximate surface area is 177 Å². The van der Waals surface area contributed by atoms with E-state index in [1.165, 1.54) is 17.7 Å². The fraction of sp³-hybridized carbons (Fsp3) is 0.360. The predicted octanol–water partition coefficient (Wildman–Crippen LogP) is 4.41. The molecule has 0 saturated carbocycles. The SMILES string of the molecule is Cc1cccc(-c2ncc(CN3CCC[C@](CO)(Cc4ccc(F)cc4)C3)cn2)c1. The third-order valence-electron chi connectivity index (χ3n) is 5.96. The minimum atomic E-state index is -0.226. The number of likely N-dealkylation sites (tertiary alicyclic amines) is 1. The average Bonchev–Trinajstić information content (AvgIpc) is 2.76. The molecular formula is C25H28FN3O. The largest absolute Gasteiger partial charge is 0.396 e. The van der Waals surface area contributed by atoms with Crippen molar-refractivity contribution in [3.05, 3.63) is 83.4 Å². The molecule has 1 aliphatic heterocycles. The molecule has 0 aliphatic carbocycles. The van der Waals surface area contributed by atoms with Gasteiger partial charge in [0.1, 0.15) is 5.82 Å². The van der Waals surface area contributed by atoms with Crippen LogP contribution in [0.5, 0.6) is 0 Å². The fourth-order valence-corrected chi connectivity index (χ4v) is 4.44. The standard InChI is InChI=1S/C25H28FN3O/c1-19-4-2-5-22(12-19)24-27-14-21(15-28-24)16-29-11-3-10-25(17-29,18-30)13-20-6-8-23(26)9-7-20/h2,4-9,12,14-15,30H,3,10-11,13,16-18H2,1H3/t25-/m0/s1. The van der Waals surface area contributed by atoms with E-state index in [0.717, 1.165) is 61.4 Å². The molecule has 156 valence electrons. The molecule has 4 nitrogen and oxygen atoms in total. The van der Waals surface area contributed by atoms with Gasteiger partial charge in [0.15, 0.2) is 5.82 Å². The summed E-state index contributed by atoms with van der Waals surface area (Å²) in [6.45, 7) is 4.75. The van der Waals surface area contributed by atoms with E-state index in [1.807, 2.05) is 36.7 Å². The molecule has 30 heavy (non-hydrogen) atoms. The molecule has 1 N–H and O–H groups in total. The number of aliphatic hydroxyl groups is 1. The Hall–Kier alpha value is -2.63. The molecule has 0 spiro atoms. The first-order valence-electron chi connectivity index (χ1n) is 10.5. The number of hydrogen-bond donors (Lipinski definition) is 1. The van der Waals surface area contributed by atoms with Gasteiger partial charge in [0.2, 0.25) is 0 Å². The molecule has 0 unspecified atom stereocenters. The molecule has 5 heteroatoms. The van der Waals surface area contributed by atoms with Crippen LogP contribution in [0.25, 0.3) is 11.4 Å². The lowest BCUT2D eigenvalue weighted by Gasteiger charge is -2.42. The van der Waals surface area contributed by atoms with Crippen LogP contribution in [0.4, 0.5) is 4.39 Å². The summed E-state index contributed by atoms with van der Waals surface area (Å²) in [4.78, 5) is 11.5. The van der Waals surface area contributed by atoms with E-state index in [-0.39, 0.29) is 17.8 Å². The highest BCUT2D eigenvalue weighted by molar-refractivity contribution is 5.55. The Kier molecular flexibility index (Phi) is 6.21. The van der Waals surface area contributed by atoms with Gasteiger partial charge in [-0.25, -0.2) is 14.4 Å². The van der Waals surface area contributed by atoms with Gasteiger partial charge in [-0.2, -0.15) is 0 Å². The van der Waals surface area contributed by atoms with Crippen molar-refractivity contribution in [3.8, 4) is 11.4 Å². The van der Waals surface area contributed by atoms with Crippen molar-refractivity contribution in [2.45, 2.75) is 32.7 Å². The first-order chi connectivity index (χ1) is 14.5. The van der Waals surface area contributed by atoms with E-state index in [0.29, 0.717) is 0 Å². The number of nitrogens with zero attached hydrogens (tertiary/aromatic N) is 3. The van der Waals surface area contributed by atoms with Crippen LogP contribution >= 0.6 is 0 Å². The smallest absolute Gasteiger partial charge is 0.159 e. The van der Waals surface area contributed by atoms with Crippen LogP contribution in [0.3, 0.4) is 0 Å². The first kappa shape index (κ1) is 20.6. The van der Waals surface area contributed by atoms with Gasteiger partial charge in [-0.1, -0.05) is 35.9 Å². The van der Waals surface area contributed by atoms with Crippen molar-refractivity contribution in [1.29, 1.82) is 0 Å². The van der Waals surface area contributed by atoms with Crippen LogP contribution in [0.15, 0.2) is 60.9 Å². The zero-order valence-electron chi connectivity index (χ0n) is 17.4. The lowest BCUT2D eigenvalue weighted by atomic mass is 9.75. The van der Waals surface area contributed by atoms with E-state index < -0.39 is 0 Å². The molecule has 1 atom stereocenters. The molecular weight excluding hydrogens is 377 g/mol. The summed E-state index contributed by atoms with van der Waals surface area (Å²) < 4.78 is 13.2. The van der Waals surface area contributed by atoms with Crippen LogP contribution in [0, 0.1) is 18.2 Å². The van der Waals surface area contributed by atoms with Crippen LogP contribution < -0.4 is 0 Å². The van der Waals surface area contributed by atoms with Crippen molar-refractivity contribution in [1.82, 2.24) is 14.9 Å². The summed E-state index contributed by atoms with van der Waals surface area (Å²) in [5.41, 5.74) is 4.16. The number of benzene rings is 2. The Morgan fingerprint density at radius 2 is 1.83 bits per heavy atom. The Bertz CT molecular complexity index is 974. The molecule has 1 aliphatic rings. The highest BCUT2D eigenvalue weighted by Crippen LogP contribution is 2.34. The van der Waals surface area contributed by atoms with Gasteiger partial charge in [0.05, 0.1) is 6.61 Å². The molecule has 0 radical (unpaired) electrons. The average molecular weight is 406 g/mol. The van der Waals surface area contributed by atoms with Crippen molar-refractivity contribution in [3.63, 3.8) is 0 Å². The van der Waals surface area contributed by atoms with Gasteiger partial charge in [0.25, 0.3) is 0 Å². The molecule has 4 rings (SSSR count). The second kappa shape index (κ2) is 9.02. The summed E-state index contributed by atoms with van der Waals surface area (Å²) in [6, 6.07) is 14.8. The zero-order valence-corrected chi connectivity index (χ0v) is 17.4. The number of aryl methyl sites for hydroxylation is 1. The molecule has 1 saturated heterocycles. The number of hydrogen-bond acceptors (Lipinski definition) is 4. The first-order valence-corrected chi connectivity index (χ1v) is 10.5. The van der Waals surface area contributed by atoms with Gasteiger partial charge in [-0.15, -0.1) is 0 Å². The number of rotatable bonds is 6. The van der Waals surface area contributed by atoms with Crippen LogP contribution in [-0.2, 0) is 13.0 Å². The van der Waals surface area contributed by atoms with E-state index in [2.05, 4.69) is 33.9 Å². The zero-order chi connectivity index (χ0) is 21.0. The number of halogens is 1. The fourth-order valence-electron chi connectivity index (χ4n) is 4.44. The van der Waals surface area contributed by atoms with E-state index in [9.17, 15) is 9.50 Å². The Morgan fingerprint density at radius 3 is 2.53 bits per heavy atom. The second-order valence-electron chi connectivity index (χ2n) is 8.56. The Morgan fingerprint density at radius 1 is 1.07 bits per heavy atom. The molecule has 1 fully saturated rings. The molecule has 0 amide bonds. The number of aromatic nitrogens is 2. The molecule has 2 heterocycles. The molecule has 2 aromatic carbocycles. The van der Waals surface area contributed by atoms with E-state index in [1.54, 1.807) is 0 Å². The minimum Gasteiger partial charge on any atom is -0.396 e. The van der Waals surface area contributed by atoms with Crippen molar-refractivity contribution >= 4 is 0 Å². The third-order valence-corrected chi connectivity index (χ3v) is 5.96. The summed E-state index contributed by atoms with van der Waals surface area (Å²) in [5.74, 6) is 0.512. The lowest BCUT2D eigenvalue weighted by molar-refractivity contribution is 0.0287. The third kappa shape index (κ3) is 4.91. The van der Waals surface area contributed by atoms with Crippen molar-refractivity contribution < 1.29 is 9.50 Å². The second-order valence-corrected chi connectivity index (χ2v) is 8.56. The lowest BCUT2D eigenvalue weighted by Crippen LogP contribution is -2.46. The normalized spacial score (nSPS) is 19.7. The van der Waals surface area contributed by atoms with Crippen LogP contribution in [0.2, 0.25) is 0 Å². The maximum Gasteiger partial charge on any atom is 0.159 e. The highest BCUT2D eigenvalue weighted by Gasteiger charge is 2.35. The van der Waals surface area contributed by atoms with E-state index >= 15 is 0 Å². The summed E-state index contributed by atoms with van der Waals surface area (Å²) in [7, 11) is 0. The number of piperidine rings is 1. The maximum absolute atomic E-state index is 13.2. The van der Waals surface area contributed by atoms with Gasteiger partial charge < -0.3 is 5.11 Å².